The molecule has 0 amide bonds. The van der Waals surface area contributed by atoms with Gasteiger partial charge in [-0.2, -0.15) is 26.3 Å². The van der Waals surface area contributed by atoms with Gasteiger partial charge in [0.25, 0.3) is 0 Å². The smallest absolute Gasteiger partial charge is 0.244 e. The van der Waals surface area contributed by atoms with Crippen molar-refractivity contribution in [3.8, 4) is 17.6 Å². The molecule has 0 aliphatic carbocycles. The number of aromatic nitrogens is 6. The van der Waals surface area contributed by atoms with Gasteiger partial charge in [0.15, 0.2) is 10.0 Å². The molecule has 11 nitrogen and oxygen atoms in total. The van der Waals surface area contributed by atoms with Crippen molar-refractivity contribution in [1.82, 2.24) is 29.9 Å². The second-order valence-corrected chi connectivity index (χ2v) is 9.04. The molecular weight excluding hydrogens is 1250 g/mol. The molecule has 0 bridgehead atoms. The summed E-state index contributed by atoms with van der Waals surface area (Å²) in [6, 6.07) is 0. The summed E-state index contributed by atoms with van der Waals surface area (Å²) < 4.78 is 0. The standard InChI is InChI=1S/C16H13N8O3S3.3Rf/c1-5-17-10(25)8(28-5)4-9-20-15(22-13-11(26)18-6(2)29-13)24-16(21-9)23-14-12(27)19-7(3)30-14;;;/h25-27H,1-4H2,(H2,20,21,22,23,24);;;/q-3;;;. The second-order valence-electron chi connectivity index (χ2n) is 5.70. The average molecular weight is 1260 g/mol. The maximum atomic E-state index is 9.94. The Kier molecular flexibility index (Phi) is 6.62. The quantitative estimate of drug-likeness (QED) is 0.181. The fraction of sp³-hybridized carbons (Fsp3) is 0.0625. The zero-order valence-electron chi connectivity index (χ0n) is 17.2. The van der Waals surface area contributed by atoms with Crippen LogP contribution < -0.4 is 10.6 Å². The van der Waals surface area contributed by atoms with E-state index in [-0.39, 0.29) is 36.0 Å². The molecule has 0 aliphatic heterocycles. The molecule has 0 spiro atoms. The Bertz CT molecular complexity index is 1070. The van der Waals surface area contributed by atoms with Gasteiger partial charge < -0.3 is 46.7 Å². The van der Waals surface area contributed by atoms with Gasteiger partial charge in [0, 0.05) is 6.42 Å². The van der Waals surface area contributed by atoms with Crippen molar-refractivity contribution in [2.75, 3.05) is 10.6 Å². The first-order valence-corrected chi connectivity index (χ1v) is 10.5. The van der Waals surface area contributed by atoms with E-state index in [0.29, 0.717) is 35.7 Å². The van der Waals surface area contributed by atoms with Crippen LogP contribution in [0.4, 0.5) is 21.9 Å². The van der Waals surface area contributed by atoms with E-state index in [4.69, 9.17) is 0 Å². The molecular formula is C16H13N8O3Rf3S3-3. The Balaban J connectivity index is 0.00000181. The number of rotatable bonds is 6. The Labute approximate surface area is 182 Å². The van der Waals surface area contributed by atoms with Gasteiger partial charge >= 0.3 is 0 Å². The summed E-state index contributed by atoms with van der Waals surface area (Å²) in [5.41, 5.74) is 0. The van der Waals surface area contributed by atoms with Crippen LogP contribution in [0.15, 0.2) is 0 Å². The molecule has 4 rings (SSSR count). The molecule has 0 saturated carbocycles. The normalized spacial score (nSPS) is 9.94. The van der Waals surface area contributed by atoms with Crippen LogP contribution in [-0.2, 0) is 6.42 Å². The fourth-order valence-electron chi connectivity index (χ4n) is 2.34. The van der Waals surface area contributed by atoms with Gasteiger partial charge in [-0.05, 0) is 15.0 Å². The molecule has 33 heavy (non-hydrogen) atoms. The van der Waals surface area contributed by atoms with Crippen LogP contribution in [0, 0.1) is 20.8 Å². The van der Waals surface area contributed by atoms with Crippen LogP contribution in [0.2, 0.25) is 0 Å². The monoisotopic (exact) mass is 1260 g/mol. The number of hydrogen-bond acceptors (Lipinski definition) is 14. The third-order valence-electron chi connectivity index (χ3n) is 3.48. The minimum absolute atomic E-state index is 0. The summed E-state index contributed by atoms with van der Waals surface area (Å²) in [5.74, 6) is -0.0851. The molecule has 0 saturated heterocycles. The third-order valence-corrected chi connectivity index (χ3v) is 6.01. The Morgan fingerprint density at radius 3 is 1.39 bits per heavy atom. The predicted molar refractivity (Wildman–Crippen MR) is 114 cm³/mol. The minimum atomic E-state index is -0.231. The summed E-state index contributed by atoms with van der Waals surface area (Å²) in [4.78, 5) is 25.0. The van der Waals surface area contributed by atoms with E-state index < -0.39 is 0 Å². The van der Waals surface area contributed by atoms with Crippen LogP contribution in [0.25, 0.3) is 0 Å². The fourth-order valence-corrected chi connectivity index (χ4v) is 4.39. The first-order valence-electron chi connectivity index (χ1n) is 8.10. The molecule has 0 radical (unpaired) electrons. The van der Waals surface area contributed by atoms with E-state index in [2.05, 4.69) is 61.3 Å². The molecule has 17 heteroatoms. The van der Waals surface area contributed by atoms with Gasteiger partial charge in [0.2, 0.25) is 29.5 Å². The van der Waals surface area contributed by atoms with Crippen LogP contribution in [0.3, 0.4) is 0 Å². The van der Waals surface area contributed by atoms with Crippen LogP contribution in [-0.4, -0.2) is 45.2 Å². The van der Waals surface area contributed by atoms with Gasteiger partial charge in [0.1, 0.15) is 5.82 Å². The number of aromatic hydroxyl groups is 3. The topological polar surface area (TPSA) is 162 Å². The van der Waals surface area contributed by atoms with Crippen molar-refractivity contribution in [3.63, 3.8) is 0 Å². The van der Waals surface area contributed by atoms with E-state index in [1.165, 1.54) is 11.3 Å². The molecule has 4 aromatic heterocycles. The van der Waals surface area contributed by atoms with E-state index in [1.54, 1.807) is 0 Å². The maximum Gasteiger partial charge on any atom is 0.244 e. The van der Waals surface area contributed by atoms with Crippen LogP contribution in [0.1, 0.15) is 25.7 Å². The average Bonchev–Trinajstić information content (AvgIpc) is 3.24. The second kappa shape index (κ2) is 8.89. The van der Waals surface area contributed by atoms with Gasteiger partial charge in [-0.15, -0.1) is 22.7 Å². The number of nitrogens with one attached hydrogen (secondary N) is 2. The molecule has 0 aliphatic rings. The van der Waals surface area contributed by atoms with Gasteiger partial charge in [-0.1, -0.05) is 0 Å². The van der Waals surface area contributed by atoms with E-state index >= 15 is 0 Å². The minimum Gasteiger partial charge on any atom is -0.493 e. The number of hydrogen-bond donors (Lipinski definition) is 5. The zero-order chi connectivity index (χ0) is 21.4. The molecule has 0 unspecified atom stereocenters. The summed E-state index contributed by atoms with van der Waals surface area (Å²) >= 11 is 3.46. The zero-order valence-corrected chi connectivity index (χ0v) is 38.8. The van der Waals surface area contributed by atoms with Crippen molar-refractivity contribution < 1.29 is 15.3 Å². The molecule has 4 heterocycles. The van der Waals surface area contributed by atoms with E-state index in [1.807, 2.05) is 0 Å². The van der Waals surface area contributed by atoms with Gasteiger partial charge in [-0.3, -0.25) is 0 Å². The molecule has 0 aromatic carbocycles. The van der Waals surface area contributed by atoms with Crippen molar-refractivity contribution in [2.24, 2.45) is 0 Å². The molecule has 0 atom stereocenters. The van der Waals surface area contributed by atoms with Crippen molar-refractivity contribution >= 4 is 55.9 Å². The van der Waals surface area contributed by atoms with Gasteiger partial charge in [0.05, 0.1) is 4.88 Å². The van der Waals surface area contributed by atoms with Crippen LogP contribution in [0.5, 0.6) is 17.6 Å². The number of anilines is 4. The molecule has 4 aromatic rings. The molecule has 162 valence electrons. The third kappa shape index (κ3) is 4.92. The molecule has 0 fully saturated rings. The summed E-state index contributed by atoms with van der Waals surface area (Å²) in [6.07, 6.45) is 0.162. The number of nitrogens with zero attached hydrogens (tertiary/aromatic N) is 6. The number of thiazole rings is 3. The van der Waals surface area contributed by atoms with Crippen LogP contribution >= 0.6 is 34.0 Å². The summed E-state index contributed by atoms with van der Waals surface area (Å²) in [7, 11) is 0. The largest absolute Gasteiger partial charge is 0.493 e. The van der Waals surface area contributed by atoms with Crippen molar-refractivity contribution in [3.05, 3.63) is 46.5 Å². The van der Waals surface area contributed by atoms with E-state index in [0.717, 1.165) is 22.7 Å². The van der Waals surface area contributed by atoms with Crippen molar-refractivity contribution in [1.29, 1.82) is 0 Å². The predicted octanol–water partition coefficient (Wildman–Crippen LogP) is 2.98. The van der Waals surface area contributed by atoms with Gasteiger partial charge in [-0.25, -0.2) is 15.0 Å². The Hall–Kier alpha value is -6.49. The SMILES string of the molecule is [CH2-]c1nc(O)c(Cc2nc(Nc3sc([CH2-])nc3O)nc(Nc3sc([CH2-])nc3O)n2)s1.[Rf].[Rf].[Rf]. The first kappa shape index (κ1) is 24.5. The first-order chi connectivity index (χ1) is 14.3. The van der Waals surface area contributed by atoms with Crippen molar-refractivity contribution in [2.45, 2.75) is 6.42 Å². The summed E-state index contributed by atoms with van der Waals surface area (Å²) in [5, 5.41) is 37.4. The Morgan fingerprint density at radius 2 is 1.03 bits per heavy atom. The maximum absolute atomic E-state index is 9.94. The Morgan fingerprint density at radius 1 is 0.606 bits per heavy atom. The van der Waals surface area contributed by atoms with E-state index in [9.17, 15) is 15.3 Å². The molecule has 5 N–H and O–H groups in total. The summed E-state index contributed by atoms with van der Waals surface area (Å²) in [6.45, 7) is 11.1.